The van der Waals surface area contributed by atoms with Gasteiger partial charge >= 0.3 is 0 Å². The fraction of sp³-hybridized carbons (Fsp3) is 0.714. The number of rotatable bonds is 6. The SMILES string of the molecule is CCC1CCC(C(C)(O)CNCc2ccc3c(c2)CCC3)CC1. The lowest BCUT2D eigenvalue weighted by Crippen LogP contribution is -2.45. The second-order valence-corrected chi connectivity index (χ2v) is 8.04. The third kappa shape index (κ3) is 4.16. The molecular weight excluding hydrogens is 282 g/mol. The van der Waals surface area contributed by atoms with Crippen molar-refractivity contribution < 1.29 is 5.11 Å². The van der Waals surface area contributed by atoms with Crippen LogP contribution in [0.3, 0.4) is 0 Å². The number of aliphatic hydroxyl groups is 1. The van der Waals surface area contributed by atoms with Crippen molar-refractivity contribution in [3.05, 3.63) is 34.9 Å². The van der Waals surface area contributed by atoms with Crippen molar-refractivity contribution in [2.75, 3.05) is 6.54 Å². The van der Waals surface area contributed by atoms with Crippen LogP contribution in [-0.4, -0.2) is 17.3 Å². The Bertz CT molecular complexity index is 515. The molecule has 1 aromatic carbocycles. The molecule has 0 saturated heterocycles. The zero-order valence-electron chi connectivity index (χ0n) is 14.9. The average molecular weight is 316 g/mol. The van der Waals surface area contributed by atoms with Gasteiger partial charge in [-0.2, -0.15) is 0 Å². The predicted octanol–water partition coefficient (Wildman–Crippen LogP) is 4.23. The van der Waals surface area contributed by atoms with Crippen molar-refractivity contribution in [1.82, 2.24) is 5.32 Å². The van der Waals surface area contributed by atoms with Crippen LogP contribution in [0.5, 0.6) is 0 Å². The van der Waals surface area contributed by atoms with Crippen molar-refractivity contribution in [1.29, 1.82) is 0 Å². The highest BCUT2D eigenvalue weighted by Crippen LogP contribution is 2.36. The van der Waals surface area contributed by atoms with Gasteiger partial charge in [0.25, 0.3) is 0 Å². The van der Waals surface area contributed by atoms with Crippen LogP contribution >= 0.6 is 0 Å². The van der Waals surface area contributed by atoms with Gasteiger partial charge in [0, 0.05) is 13.1 Å². The minimum absolute atomic E-state index is 0.456. The van der Waals surface area contributed by atoms with E-state index < -0.39 is 5.60 Å². The van der Waals surface area contributed by atoms with Gasteiger partial charge in [-0.3, -0.25) is 0 Å². The smallest absolute Gasteiger partial charge is 0.0771 e. The molecule has 2 nitrogen and oxygen atoms in total. The van der Waals surface area contributed by atoms with Crippen molar-refractivity contribution in [2.24, 2.45) is 11.8 Å². The average Bonchev–Trinajstić information content (AvgIpc) is 3.02. The summed E-state index contributed by atoms with van der Waals surface area (Å²) in [7, 11) is 0. The highest BCUT2D eigenvalue weighted by atomic mass is 16.3. The maximum atomic E-state index is 10.9. The summed E-state index contributed by atoms with van der Waals surface area (Å²) >= 11 is 0. The van der Waals surface area contributed by atoms with E-state index in [9.17, 15) is 5.11 Å². The topological polar surface area (TPSA) is 32.3 Å². The molecule has 0 spiro atoms. The number of benzene rings is 1. The first-order chi connectivity index (χ1) is 11.1. The van der Waals surface area contributed by atoms with Gasteiger partial charge in [0.05, 0.1) is 5.60 Å². The van der Waals surface area contributed by atoms with Crippen molar-refractivity contribution in [2.45, 2.75) is 77.4 Å². The zero-order valence-corrected chi connectivity index (χ0v) is 14.9. The Labute approximate surface area is 141 Å². The largest absolute Gasteiger partial charge is 0.389 e. The normalized spacial score (nSPS) is 26.7. The van der Waals surface area contributed by atoms with Gasteiger partial charge < -0.3 is 10.4 Å². The number of hydrogen-bond acceptors (Lipinski definition) is 2. The first-order valence-electron chi connectivity index (χ1n) is 9.62. The Hall–Kier alpha value is -0.860. The lowest BCUT2D eigenvalue weighted by molar-refractivity contribution is -0.0214. The number of nitrogens with one attached hydrogen (secondary N) is 1. The van der Waals surface area contributed by atoms with Crippen molar-refractivity contribution >= 4 is 0 Å². The third-order valence-electron chi connectivity index (χ3n) is 6.28. The van der Waals surface area contributed by atoms with Crippen molar-refractivity contribution in [3.8, 4) is 0 Å². The first-order valence-corrected chi connectivity index (χ1v) is 9.62. The van der Waals surface area contributed by atoms with Crippen LogP contribution in [-0.2, 0) is 19.4 Å². The Morgan fingerprint density at radius 3 is 2.61 bits per heavy atom. The van der Waals surface area contributed by atoms with Crippen LogP contribution in [0.15, 0.2) is 18.2 Å². The van der Waals surface area contributed by atoms with Gasteiger partial charge in [0.15, 0.2) is 0 Å². The number of hydrogen-bond donors (Lipinski definition) is 2. The molecule has 0 radical (unpaired) electrons. The molecule has 0 amide bonds. The van der Waals surface area contributed by atoms with Crippen LogP contribution in [0.2, 0.25) is 0 Å². The molecule has 1 unspecified atom stereocenters. The van der Waals surface area contributed by atoms with Gasteiger partial charge in [-0.15, -0.1) is 0 Å². The van der Waals surface area contributed by atoms with Crippen LogP contribution < -0.4 is 5.32 Å². The van der Waals surface area contributed by atoms with E-state index in [2.05, 4.69) is 30.4 Å². The second-order valence-electron chi connectivity index (χ2n) is 8.04. The van der Waals surface area contributed by atoms with E-state index in [0.29, 0.717) is 12.5 Å². The molecule has 0 aliphatic heterocycles. The molecule has 0 aromatic heterocycles. The molecule has 128 valence electrons. The number of aryl methyl sites for hydroxylation is 2. The summed E-state index contributed by atoms with van der Waals surface area (Å²) in [6.45, 7) is 5.89. The van der Waals surface area contributed by atoms with E-state index in [1.54, 1.807) is 0 Å². The van der Waals surface area contributed by atoms with Gasteiger partial charge in [0.1, 0.15) is 0 Å². The van der Waals surface area contributed by atoms with Gasteiger partial charge in [-0.05, 0) is 67.6 Å². The highest BCUT2D eigenvalue weighted by molar-refractivity contribution is 5.35. The van der Waals surface area contributed by atoms with Crippen LogP contribution in [0.4, 0.5) is 0 Å². The first kappa shape index (κ1) is 17.0. The quantitative estimate of drug-likeness (QED) is 0.823. The molecule has 1 atom stereocenters. The Morgan fingerprint density at radius 2 is 1.87 bits per heavy atom. The fourth-order valence-corrected chi connectivity index (χ4v) is 4.53. The molecular formula is C21H33NO. The maximum absolute atomic E-state index is 10.9. The minimum atomic E-state index is -0.574. The Balaban J connectivity index is 1.47. The summed E-state index contributed by atoms with van der Waals surface area (Å²) in [6, 6.07) is 6.90. The summed E-state index contributed by atoms with van der Waals surface area (Å²) in [4.78, 5) is 0. The van der Waals surface area contributed by atoms with E-state index in [0.717, 1.165) is 12.5 Å². The maximum Gasteiger partial charge on any atom is 0.0771 e. The molecule has 1 aromatic rings. The minimum Gasteiger partial charge on any atom is -0.389 e. The summed E-state index contributed by atoms with van der Waals surface area (Å²) in [5.74, 6) is 1.35. The Morgan fingerprint density at radius 1 is 1.13 bits per heavy atom. The monoisotopic (exact) mass is 315 g/mol. The molecule has 2 aliphatic rings. The van der Waals surface area contributed by atoms with E-state index in [-0.39, 0.29) is 0 Å². The molecule has 1 saturated carbocycles. The lowest BCUT2D eigenvalue weighted by Gasteiger charge is -2.38. The van der Waals surface area contributed by atoms with E-state index >= 15 is 0 Å². The molecule has 2 N–H and O–H groups in total. The molecule has 0 heterocycles. The van der Waals surface area contributed by atoms with E-state index in [1.165, 1.54) is 68.1 Å². The van der Waals surface area contributed by atoms with Crippen LogP contribution in [0.25, 0.3) is 0 Å². The second kappa shape index (κ2) is 7.36. The van der Waals surface area contributed by atoms with Gasteiger partial charge in [-0.25, -0.2) is 0 Å². The molecule has 1 fully saturated rings. The van der Waals surface area contributed by atoms with Crippen LogP contribution in [0, 0.1) is 11.8 Å². The molecule has 0 bridgehead atoms. The van der Waals surface area contributed by atoms with E-state index in [4.69, 9.17) is 0 Å². The predicted molar refractivity (Wildman–Crippen MR) is 96.5 cm³/mol. The highest BCUT2D eigenvalue weighted by Gasteiger charge is 2.34. The lowest BCUT2D eigenvalue weighted by atomic mass is 9.73. The van der Waals surface area contributed by atoms with Gasteiger partial charge in [-0.1, -0.05) is 44.4 Å². The standard InChI is InChI=1S/C21H33NO/c1-3-16-8-11-20(12-9-16)21(2,23)15-22-14-17-7-10-18-5-4-6-19(18)13-17/h7,10,13,16,20,22-23H,3-6,8-9,11-12,14-15H2,1-2H3. The summed E-state index contributed by atoms with van der Waals surface area (Å²) in [6.07, 6.45) is 10.1. The third-order valence-corrected chi connectivity index (χ3v) is 6.28. The number of fused-ring (bicyclic) bond motifs is 1. The van der Waals surface area contributed by atoms with Gasteiger partial charge in [0.2, 0.25) is 0 Å². The van der Waals surface area contributed by atoms with E-state index in [1.807, 2.05) is 6.92 Å². The molecule has 2 heteroatoms. The fourth-order valence-electron chi connectivity index (χ4n) is 4.53. The summed E-state index contributed by atoms with van der Waals surface area (Å²) < 4.78 is 0. The molecule has 23 heavy (non-hydrogen) atoms. The Kier molecular flexibility index (Phi) is 5.43. The summed E-state index contributed by atoms with van der Waals surface area (Å²) in [5, 5.41) is 14.4. The van der Waals surface area contributed by atoms with Crippen molar-refractivity contribution in [3.63, 3.8) is 0 Å². The summed E-state index contributed by atoms with van der Waals surface area (Å²) in [5.41, 5.74) is 3.86. The molecule has 3 rings (SSSR count). The zero-order chi connectivity index (χ0) is 16.3. The van der Waals surface area contributed by atoms with Crippen LogP contribution in [0.1, 0.15) is 69.1 Å². The molecule has 2 aliphatic carbocycles.